The molecule has 0 aromatic heterocycles. The number of unbranched alkanes of at least 4 members (excludes halogenated alkanes) is 4. The predicted octanol–water partition coefficient (Wildman–Crippen LogP) is 8.08. The fourth-order valence-corrected chi connectivity index (χ4v) is 5.97. The Labute approximate surface area is 290 Å². The zero-order valence-corrected chi connectivity index (χ0v) is 29.9. The van der Waals surface area contributed by atoms with E-state index >= 15 is 0 Å². The number of carbonyl (C=O) groups excluding carboxylic acids is 3. The second-order valence-electron chi connectivity index (χ2n) is 13.0. The van der Waals surface area contributed by atoms with Gasteiger partial charge in [-0.25, -0.2) is 4.79 Å². The summed E-state index contributed by atoms with van der Waals surface area (Å²) >= 11 is 0. The number of hydrogen-bond acceptors (Lipinski definition) is 9. The number of methoxy groups -OCH3 is 2. The van der Waals surface area contributed by atoms with E-state index in [4.69, 9.17) is 28.8 Å². The SMILES string of the molecule is COC(=O)CCC(C)=CCc1c(OC)c(C)c2c(c1OCc1ccc(OC(=O)C(C)CCCCCCCC(C)CC(=O)O)cc1)C(=O)OC2. The highest BCUT2D eigenvalue weighted by atomic mass is 16.5. The van der Waals surface area contributed by atoms with Crippen molar-refractivity contribution >= 4 is 23.9 Å². The summed E-state index contributed by atoms with van der Waals surface area (Å²) < 4.78 is 27.9. The fraction of sp³-hybridized carbons (Fsp3) is 0.538. The van der Waals surface area contributed by atoms with Crippen LogP contribution >= 0.6 is 0 Å². The monoisotopic (exact) mass is 680 g/mol. The van der Waals surface area contributed by atoms with Gasteiger partial charge in [0.05, 0.1) is 20.1 Å². The average Bonchev–Trinajstić information content (AvgIpc) is 3.46. The number of carboxylic acid groups (broad SMARTS) is 1. The van der Waals surface area contributed by atoms with E-state index in [0.717, 1.165) is 72.8 Å². The van der Waals surface area contributed by atoms with Gasteiger partial charge in [0.1, 0.15) is 36.0 Å². The number of benzene rings is 2. The highest BCUT2D eigenvalue weighted by molar-refractivity contribution is 5.98. The van der Waals surface area contributed by atoms with E-state index in [1.54, 1.807) is 19.2 Å². The van der Waals surface area contributed by atoms with E-state index in [1.165, 1.54) is 7.11 Å². The van der Waals surface area contributed by atoms with Crippen LogP contribution in [-0.4, -0.2) is 43.2 Å². The number of cyclic esters (lactones) is 1. The van der Waals surface area contributed by atoms with Crippen LogP contribution in [0.25, 0.3) is 0 Å². The summed E-state index contributed by atoms with van der Waals surface area (Å²) in [7, 11) is 2.96. The van der Waals surface area contributed by atoms with Crippen LogP contribution in [-0.2, 0) is 43.5 Å². The van der Waals surface area contributed by atoms with Gasteiger partial charge < -0.3 is 28.8 Å². The van der Waals surface area contributed by atoms with Crippen molar-refractivity contribution in [1.82, 2.24) is 0 Å². The Balaban J connectivity index is 1.57. The number of carboxylic acids is 1. The smallest absolute Gasteiger partial charge is 0.342 e. The number of esters is 3. The van der Waals surface area contributed by atoms with Crippen LogP contribution < -0.4 is 14.2 Å². The van der Waals surface area contributed by atoms with E-state index < -0.39 is 11.9 Å². The Morgan fingerprint density at radius 2 is 1.63 bits per heavy atom. The zero-order valence-electron chi connectivity index (χ0n) is 29.9. The first kappa shape index (κ1) is 39.1. The number of aliphatic carboxylic acids is 1. The van der Waals surface area contributed by atoms with Crippen LogP contribution in [0.2, 0.25) is 0 Å². The molecular formula is C39H52O10. The van der Waals surface area contributed by atoms with Gasteiger partial charge in [-0.1, -0.05) is 76.2 Å². The molecule has 2 unspecified atom stereocenters. The maximum atomic E-state index is 12.9. The summed E-state index contributed by atoms with van der Waals surface area (Å²) in [6.45, 7) is 8.01. The predicted molar refractivity (Wildman–Crippen MR) is 185 cm³/mol. The first-order chi connectivity index (χ1) is 23.4. The minimum Gasteiger partial charge on any atom is -0.496 e. The Morgan fingerprint density at radius 1 is 0.959 bits per heavy atom. The Morgan fingerprint density at radius 3 is 2.29 bits per heavy atom. The number of rotatable bonds is 21. The zero-order chi connectivity index (χ0) is 35.9. The molecule has 1 N–H and O–H groups in total. The van der Waals surface area contributed by atoms with Crippen molar-refractivity contribution in [3.63, 3.8) is 0 Å². The molecule has 3 rings (SSSR count). The normalized spacial score (nSPS) is 13.7. The summed E-state index contributed by atoms with van der Waals surface area (Å²) in [4.78, 5) is 48.0. The van der Waals surface area contributed by atoms with E-state index in [2.05, 4.69) is 0 Å². The number of ether oxygens (including phenoxy) is 5. The van der Waals surface area contributed by atoms with E-state index in [-0.39, 0.29) is 49.8 Å². The largest absolute Gasteiger partial charge is 0.496 e. The molecule has 1 aliphatic heterocycles. The van der Waals surface area contributed by atoms with Crippen LogP contribution in [0.3, 0.4) is 0 Å². The lowest BCUT2D eigenvalue weighted by atomic mass is 9.94. The molecular weight excluding hydrogens is 628 g/mol. The van der Waals surface area contributed by atoms with Crippen molar-refractivity contribution < 1.29 is 48.0 Å². The van der Waals surface area contributed by atoms with Crippen molar-refractivity contribution in [3.05, 3.63) is 63.7 Å². The second-order valence-corrected chi connectivity index (χ2v) is 13.0. The summed E-state index contributed by atoms with van der Waals surface area (Å²) in [6, 6.07) is 7.12. The van der Waals surface area contributed by atoms with Crippen molar-refractivity contribution in [2.24, 2.45) is 11.8 Å². The van der Waals surface area contributed by atoms with Crippen LogP contribution in [0.5, 0.6) is 17.2 Å². The average molecular weight is 681 g/mol. The lowest BCUT2D eigenvalue weighted by molar-refractivity contribution is -0.141. The van der Waals surface area contributed by atoms with E-state index in [1.807, 2.05) is 45.9 Å². The molecule has 49 heavy (non-hydrogen) atoms. The highest BCUT2D eigenvalue weighted by Gasteiger charge is 2.33. The molecule has 2 atom stereocenters. The van der Waals surface area contributed by atoms with Gasteiger partial charge in [-0.2, -0.15) is 0 Å². The van der Waals surface area contributed by atoms with Crippen LogP contribution in [0.1, 0.15) is 118 Å². The Hall–Kier alpha value is -4.34. The summed E-state index contributed by atoms with van der Waals surface area (Å²) in [5.74, 6) is -0.266. The molecule has 268 valence electrons. The van der Waals surface area contributed by atoms with Gasteiger partial charge in [-0.3, -0.25) is 14.4 Å². The molecule has 2 aromatic rings. The van der Waals surface area contributed by atoms with Crippen LogP contribution in [0.15, 0.2) is 35.9 Å². The van der Waals surface area contributed by atoms with Crippen molar-refractivity contribution in [3.8, 4) is 17.2 Å². The molecule has 0 saturated carbocycles. The van der Waals surface area contributed by atoms with Gasteiger partial charge in [0.15, 0.2) is 0 Å². The van der Waals surface area contributed by atoms with Gasteiger partial charge in [-0.15, -0.1) is 0 Å². The van der Waals surface area contributed by atoms with Crippen molar-refractivity contribution in [2.75, 3.05) is 14.2 Å². The van der Waals surface area contributed by atoms with Crippen LogP contribution in [0.4, 0.5) is 0 Å². The summed E-state index contributed by atoms with van der Waals surface area (Å²) in [6.07, 6.45) is 10.3. The Bertz CT molecular complexity index is 1470. The highest BCUT2D eigenvalue weighted by Crippen LogP contribution is 2.43. The third-order valence-electron chi connectivity index (χ3n) is 9.02. The molecule has 2 aromatic carbocycles. The molecule has 0 aliphatic carbocycles. The third-order valence-corrected chi connectivity index (χ3v) is 9.02. The van der Waals surface area contributed by atoms with E-state index in [9.17, 15) is 19.2 Å². The molecule has 0 bridgehead atoms. The first-order valence-corrected chi connectivity index (χ1v) is 17.2. The molecule has 10 nitrogen and oxygen atoms in total. The topological polar surface area (TPSA) is 135 Å². The van der Waals surface area contributed by atoms with Gasteiger partial charge in [-0.05, 0) is 62.3 Å². The van der Waals surface area contributed by atoms with Gasteiger partial charge in [0, 0.05) is 24.0 Å². The molecule has 10 heteroatoms. The molecule has 0 fully saturated rings. The van der Waals surface area contributed by atoms with Gasteiger partial charge >= 0.3 is 23.9 Å². The fourth-order valence-electron chi connectivity index (χ4n) is 5.97. The quantitative estimate of drug-likeness (QED) is 0.0597. The summed E-state index contributed by atoms with van der Waals surface area (Å²) in [5, 5.41) is 8.87. The molecule has 0 saturated heterocycles. The Kier molecular flexibility index (Phi) is 15.6. The molecule has 0 amide bonds. The van der Waals surface area contributed by atoms with Gasteiger partial charge in [0.2, 0.25) is 0 Å². The lowest BCUT2D eigenvalue weighted by Crippen LogP contribution is -2.17. The first-order valence-electron chi connectivity index (χ1n) is 17.2. The van der Waals surface area contributed by atoms with E-state index in [0.29, 0.717) is 35.7 Å². The minimum absolute atomic E-state index is 0.148. The lowest BCUT2D eigenvalue weighted by Gasteiger charge is -2.20. The molecule has 0 radical (unpaired) electrons. The minimum atomic E-state index is -0.740. The second kappa shape index (κ2) is 19.6. The molecule has 1 heterocycles. The van der Waals surface area contributed by atoms with Crippen LogP contribution in [0, 0.1) is 18.8 Å². The van der Waals surface area contributed by atoms with Crippen molar-refractivity contribution in [2.45, 2.75) is 112 Å². The standard InChI is InChI=1S/C39H52O10/c1-25(15-21-34(42)45-5)14-20-31-36(46-6)28(4)32-24-48-39(44)35(32)37(31)47-23-29-16-18-30(19-17-29)49-38(43)27(3)13-11-9-7-8-10-12-26(2)22-33(40)41/h14,16-19,26-27H,7-13,15,20-24H2,1-6H3,(H,40,41). The molecule has 0 spiro atoms. The van der Waals surface area contributed by atoms with Gasteiger partial charge in [0.25, 0.3) is 0 Å². The number of carbonyl (C=O) groups is 4. The number of fused-ring (bicyclic) bond motifs is 1. The number of allylic oxidation sites excluding steroid dienone is 2. The number of hydrogen-bond donors (Lipinski definition) is 1. The maximum absolute atomic E-state index is 12.9. The maximum Gasteiger partial charge on any atom is 0.342 e. The third kappa shape index (κ3) is 11.9. The van der Waals surface area contributed by atoms with Crippen molar-refractivity contribution in [1.29, 1.82) is 0 Å². The molecule has 1 aliphatic rings. The summed E-state index contributed by atoms with van der Waals surface area (Å²) in [5.41, 5.74) is 4.51.